The number of nitrogens with two attached hydrogens (primary N) is 1. The minimum atomic E-state index is 0.313. The predicted molar refractivity (Wildman–Crippen MR) is 91.9 cm³/mol. The molecule has 3 aromatic carbocycles. The van der Waals surface area contributed by atoms with Gasteiger partial charge < -0.3 is 15.4 Å². The van der Waals surface area contributed by atoms with Gasteiger partial charge in [-0.3, -0.25) is 0 Å². The molecule has 3 N–H and O–H groups in total. The molecule has 22 heavy (non-hydrogen) atoms. The number of nitrogens with zero attached hydrogens (tertiary/aromatic N) is 1. The lowest BCUT2D eigenvalue weighted by Gasteiger charge is -2.06. The molecule has 0 fully saturated rings. The predicted octanol–water partition coefficient (Wildman–Crippen LogP) is 4.29. The molecule has 0 aliphatic carbocycles. The highest BCUT2D eigenvalue weighted by Crippen LogP contribution is 2.39. The SMILES string of the molecule is Cn1cc(-c2ccc(N)cc2)c2c3ccccc3c(O)cc21. The average Bonchev–Trinajstić information content (AvgIpc) is 2.86. The van der Waals surface area contributed by atoms with E-state index >= 15 is 0 Å². The maximum atomic E-state index is 10.3. The highest BCUT2D eigenvalue weighted by atomic mass is 16.3. The van der Waals surface area contributed by atoms with Gasteiger partial charge in [-0.1, -0.05) is 36.4 Å². The van der Waals surface area contributed by atoms with Crippen molar-refractivity contribution in [3.63, 3.8) is 0 Å². The molecule has 0 atom stereocenters. The van der Waals surface area contributed by atoms with Crippen LogP contribution in [0, 0.1) is 0 Å². The molecule has 0 saturated carbocycles. The minimum absolute atomic E-state index is 0.313. The summed E-state index contributed by atoms with van der Waals surface area (Å²) in [7, 11) is 2.00. The van der Waals surface area contributed by atoms with Crippen LogP contribution in [0.25, 0.3) is 32.8 Å². The summed E-state index contributed by atoms with van der Waals surface area (Å²) in [6.45, 7) is 0. The Morgan fingerprint density at radius 3 is 2.36 bits per heavy atom. The van der Waals surface area contributed by atoms with Crippen LogP contribution in [0.5, 0.6) is 5.75 Å². The zero-order chi connectivity index (χ0) is 15.3. The van der Waals surface area contributed by atoms with Crippen LogP contribution in [0.1, 0.15) is 0 Å². The second kappa shape index (κ2) is 4.53. The Kier molecular flexibility index (Phi) is 2.63. The third kappa shape index (κ3) is 1.76. The van der Waals surface area contributed by atoms with Gasteiger partial charge in [0, 0.05) is 41.3 Å². The molecule has 4 aromatic rings. The Morgan fingerprint density at radius 1 is 0.955 bits per heavy atom. The van der Waals surface area contributed by atoms with Crippen LogP contribution < -0.4 is 5.73 Å². The monoisotopic (exact) mass is 288 g/mol. The van der Waals surface area contributed by atoms with Gasteiger partial charge in [0.15, 0.2) is 0 Å². The Bertz CT molecular complexity index is 997. The van der Waals surface area contributed by atoms with E-state index < -0.39 is 0 Å². The Hall–Kier alpha value is -2.94. The summed E-state index contributed by atoms with van der Waals surface area (Å²) in [4.78, 5) is 0. The van der Waals surface area contributed by atoms with E-state index in [1.54, 1.807) is 0 Å². The number of aromatic hydroxyl groups is 1. The fraction of sp³-hybridized carbons (Fsp3) is 0.0526. The molecule has 3 heteroatoms. The van der Waals surface area contributed by atoms with Crippen LogP contribution >= 0.6 is 0 Å². The lowest BCUT2D eigenvalue weighted by Crippen LogP contribution is -1.84. The van der Waals surface area contributed by atoms with Gasteiger partial charge >= 0.3 is 0 Å². The number of benzene rings is 3. The van der Waals surface area contributed by atoms with Gasteiger partial charge in [0.2, 0.25) is 0 Å². The molecule has 1 aromatic heterocycles. The summed E-state index contributed by atoms with van der Waals surface area (Å²) in [5, 5.41) is 13.4. The van der Waals surface area contributed by atoms with Crippen LogP contribution in [0.15, 0.2) is 60.8 Å². The first-order valence-electron chi connectivity index (χ1n) is 7.21. The van der Waals surface area contributed by atoms with Gasteiger partial charge in [0.25, 0.3) is 0 Å². The first kappa shape index (κ1) is 12.8. The zero-order valence-electron chi connectivity index (χ0n) is 12.2. The van der Waals surface area contributed by atoms with Gasteiger partial charge in [-0.2, -0.15) is 0 Å². The molecule has 0 aliphatic rings. The fourth-order valence-corrected chi connectivity index (χ4v) is 3.11. The molecule has 0 aliphatic heterocycles. The van der Waals surface area contributed by atoms with Crippen molar-refractivity contribution in [3.8, 4) is 16.9 Å². The molecule has 108 valence electrons. The van der Waals surface area contributed by atoms with Crippen molar-refractivity contribution in [2.45, 2.75) is 0 Å². The molecule has 0 radical (unpaired) electrons. The van der Waals surface area contributed by atoms with Gasteiger partial charge in [0.05, 0.1) is 5.52 Å². The molecule has 0 saturated heterocycles. The number of rotatable bonds is 1. The van der Waals surface area contributed by atoms with Crippen LogP contribution in [0.4, 0.5) is 5.69 Å². The third-order valence-electron chi connectivity index (χ3n) is 4.20. The van der Waals surface area contributed by atoms with E-state index in [-0.39, 0.29) is 0 Å². The van der Waals surface area contributed by atoms with Gasteiger partial charge in [-0.25, -0.2) is 0 Å². The molecule has 4 rings (SSSR count). The molecule has 0 unspecified atom stereocenters. The highest BCUT2D eigenvalue weighted by molar-refractivity contribution is 6.15. The van der Waals surface area contributed by atoms with Crippen molar-refractivity contribution in [2.24, 2.45) is 7.05 Å². The van der Waals surface area contributed by atoms with Crippen molar-refractivity contribution in [2.75, 3.05) is 5.73 Å². The van der Waals surface area contributed by atoms with Gasteiger partial charge in [-0.15, -0.1) is 0 Å². The minimum Gasteiger partial charge on any atom is -0.507 e. The van der Waals surface area contributed by atoms with E-state index in [9.17, 15) is 5.11 Å². The summed E-state index contributed by atoms with van der Waals surface area (Å²) < 4.78 is 2.05. The van der Waals surface area contributed by atoms with E-state index in [0.29, 0.717) is 5.75 Å². The maximum Gasteiger partial charge on any atom is 0.125 e. The standard InChI is InChI=1S/C19H16N2O/c1-21-11-16(12-6-8-13(20)9-7-12)19-15-5-3-2-4-14(15)18(22)10-17(19)21/h2-11,22H,20H2,1H3. The smallest absolute Gasteiger partial charge is 0.125 e. The third-order valence-corrected chi connectivity index (χ3v) is 4.20. The maximum absolute atomic E-state index is 10.3. The quantitative estimate of drug-likeness (QED) is 0.513. The Labute approximate surface area is 128 Å². The Morgan fingerprint density at radius 2 is 1.64 bits per heavy atom. The normalized spacial score (nSPS) is 11.3. The lowest BCUT2D eigenvalue weighted by atomic mass is 9.99. The molecule has 0 bridgehead atoms. The van der Waals surface area contributed by atoms with E-state index in [1.165, 1.54) is 0 Å². The summed E-state index contributed by atoms with van der Waals surface area (Å²) in [6.07, 6.45) is 2.10. The van der Waals surface area contributed by atoms with Crippen LogP contribution in [-0.2, 0) is 7.05 Å². The largest absolute Gasteiger partial charge is 0.507 e. The second-order valence-electron chi connectivity index (χ2n) is 5.61. The van der Waals surface area contributed by atoms with E-state index in [0.717, 1.165) is 38.5 Å². The first-order chi connectivity index (χ1) is 10.6. The summed E-state index contributed by atoms with van der Waals surface area (Å²) in [6, 6.07) is 17.7. The summed E-state index contributed by atoms with van der Waals surface area (Å²) in [5.41, 5.74) is 9.84. The number of phenolic OH excluding ortho intramolecular Hbond substituents is 1. The van der Waals surface area contributed by atoms with Crippen molar-refractivity contribution in [1.82, 2.24) is 4.57 Å². The number of aromatic nitrogens is 1. The number of anilines is 1. The Balaban J connectivity index is 2.16. The van der Waals surface area contributed by atoms with E-state index in [4.69, 9.17) is 5.73 Å². The van der Waals surface area contributed by atoms with Crippen molar-refractivity contribution < 1.29 is 5.11 Å². The summed E-state index contributed by atoms with van der Waals surface area (Å²) >= 11 is 0. The van der Waals surface area contributed by atoms with Gasteiger partial charge in [0.1, 0.15) is 5.75 Å². The number of fused-ring (bicyclic) bond motifs is 3. The fourth-order valence-electron chi connectivity index (χ4n) is 3.11. The molecule has 1 heterocycles. The van der Waals surface area contributed by atoms with Crippen LogP contribution in [0.2, 0.25) is 0 Å². The number of aryl methyl sites for hydroxylation is 1. The van der Waals surface area contributed by atoms with Gasteiger partial charge in [-0.05, 0) is 23.1 Å². The molecular formula is C19H16N2O. The lowest BCUT2D eigenvalue weighted by molar-refractivity contribution is 0.482. The van der Waals surface area contributed by atoms with E-state index in [2.05, 4.69) is 12.3 Å². The first-order valence-corrected chi connectivity index (χ1v) is 7.21. The number of phenols is 1. The topological polar surface area (TPSA) is 51.2 Å². The average molecular weight is 288 g/mol. The number of hydrogen-bond acceptors (Lipinski definition) is 2. The number of hydrogen-bond donors (Lipinski definition) is 2. The zero-order valence-corrected chi connectivity index (χ0v) is 12.2. The summed E-state index contributed by atoms with van der Waals surface area (Å²) in [5.74, 6) is 0.313. The van der Waals surface area contributed by atoms with Crippen molar-refractivity contribution >= 4 is 27.4 Å². The second-order valence-corrected chi connectivity index (χ2v) is 5.61. The molecule has 0 spiro atoms. The highest BCUT2D eigenvalue weighted by Gasteiger charge is 2.14. The molecular weight excluding hydrogens is 272 g/mol. The van der Waals surface area contributed by atoms with Crippen molar-refractivity contribution in [3.05, 3.63) is 60.8 Å². The van der Waals surface area contributed by atoms with Crippen LogP contribution in [0.3, 0.4) is 0 Å². The molecule has 3 nitrogen and oxygen atoms in total. The number of nitrogen functional groups attached to an aromatic ring is 1. The van der Waals surface area contributed by atoms with E-state index in [1.807, 2.05) is 60.1 Å². The van der Waals surface area contributed by atoms with Crippen molar-refractivity contribution in [1.29, 1.82) is 0 Å². The van der Waals surface area contributed by atoms with Crippen LogP contribution in [-0.4, -0.2) is 9.67 Å². The molecule has 0 amide bonds.